The molecule has 0 aliphatic carbocycles. The van der Waals surface area contributed by atoms with Crippen molar-refractivity contribution in [3.63, 3.8) is 0 Å². The van der Waals surface area contributed by atoms with Gasteiger partial charge in [-0.3, -0.25) is 4.79 Å². The summed E-state index contributed by atoms with van der Waals surface area (Å²) in [6.07, 6.45) is -11.4. The Labute approximate surface area is 104 Å². The summed E-state index contributed by atoms with van der Waals surface area (Å²) in [5.41, 5.74) is -1.25. The highest BCUT2D eigenvalue weighted by atomic mass is 19.4. The molecule has 2 nitrogen and oxygen atoms in total. The van der Waals surface area contributed by atoms with E-state index in [2.05, 4.69) is 0 Å². The molecule has 1 atom stereocenters. The van der Waals surface area contributed by atoms with Crippen LogP contribution in [0, 0.1) is 5.41 Å². The van der Waals surface area contributed by atoms with Crippen molar-refractivity contribution < 1.29 is 40.6 Å². The summed E-state index contributed by atoms with van der Waals surface area (Å²) in [5.74, 6) is -13.3. The molecule has 114 valence electrons. The van der Waals surface area contributed by atoms with Crippen molar-refractivity contribution >= 4 is 5.78 Å². The first-order chi connectivity index (χ1) is 8.05. The van der Waals surface area contributed by atoms with Crippen molar-refractivity contribution in [3.05, 3.63) is 0 Å². The highest BCUT2D eigenvalue weighted by Gasteiger charge is 2.75. The van der Waals surface area contributed by atoms with E-state index in [0.717, 1.165) is 0 Å². The predicted octanol–water partition coefficient (Wildman–Crippen LogP) is 3.19. The topological polar surface area (TPSA) is 37.3 Å². The van der Waals surface area contributed by atoms with Gasteiger partial charge in [0.15, 0.2) is 0 Å². The normalized spacial score (nSPS) is 16.4. The minimum Gasteiger partial charge on any atom is -0.386 e. The summed E-state index contributed by atoms with van der Waals surface area (Å²) in [6.45, 7) is 3.76. The molecular weight excluding hydrogens is 285 g/mol. The highest BCUT2D eigenvalue weighted by Crippen LogP contribution is 2.48. The summed E-state index contributed by atoms with van der Waals surface area (Å²) >= 11 is 0. The minimum absolute atomic E-state index is 1.06. The number of halogens is 7. The SMILES string of the molecule is CC(C)(C)C(=O)C[C@@H](O)C(F)(F)C(F)(F)C(F)(F)F. The Balaban J connectivity index is 5.18. The number of aliphatic hydroxyl groups excluding tert-OH is 1. The number of alkyl halides is 7. The van der Waals surface area contributed by atoms with Crippen molar-refractivity contribution in [3.8, 4) is 0 Å². The van der Waals surface area contributed by atoms with Crippen molar-refractivity contribution in [2.45, 2.75) is 51.3 Å². The van der Waals surface area contributed by atoms with Gasteiger partial charge in [-0.1, -0.05) is 20.8 Å². The van der Waals surface area contributed by atoms with E-state index >= 15 is 0 Å². The number of ketones is 1. The smallest absolute Gasteiger partial charge is 0.386 e. The predicted molar refractivity (Wildman–Crippen MR) is 51.0 cm³/mol. The zero-order valence-corrected chi connectivity index (χ0v) is 10.3. The maximum atomic E-state index is 13.0. The van der Waals surface area contributed by atoms with Crippen LogP contribution in [0.25, 0.3) is 0 Å². The lowest BCUT2D eigenvalue weighted by molar-refractivity contribution is -0.370. The van der Waals surface area contributed by atoms with Gasteiger partial charge in [0.1, 0.15) is 11.9 Å². The Hall–Kier alpha value is -0.860. The molecule has 0 aliphatic rings. The van der Waals surface area contributed by atoms with Gasteiger partial charge in [-0.15, -0.1) is 0 Å². The Morgan fingerprint density at radius 3 is 1.63 bits per heavy atom. The van der Waals surface area contributed by atoms with Gasteiger partial charge in [-0.25, -0.2) is 0 Å². The molecule has 0 aliphatic heterocycles. The lowest BCUT2D eigenvalue weighted by Crippen LogP contribution is -2.58. The van der Waals surface area contributed by atoms with Crippen LogP contribution in [0.15, 0.2) is 0 Å². The first kappa shape index (κ1) is 18.1. The summed E-state index contributed by atoms with van der Waals surface area (Å²) in [4.78, 5) is 11.3. The van der Waals surface area contributed by atoms with Gasteiger partial charge in [-0.2, -0.15) is 30.7 Å². The fraction of sp³-hybridized carbons (Fsp3) is 0.900. The standard InChI is InChI=1S/C10H13F7O2/c1-7(2,3)5(18)4-6(19)8(11,12)9(13,14)10(15,16)17/h6,19H,4H2,1-3H3/t6-/m1/s1. The third-order valence-electron chi connectivity index (χ3n) is 2.41. The molecule has 0 fully saturated rings. The van der Waals surface area contributed by atoms with Crippen molar-refractivity contribution in [1.82, 2.24) is 0 Å². The second-order valence-corrected chi connectivity index (χ2v) is 5.09. The van der Waals surface area contributed by atoms with E-state index in [4.69, 9.17) is 5.11 Å². The molecule has 0 aromatic rings. The maximum Gasteiger partial charge on any atom is 0.459 e. The Bertz CT molecular complexity index is 341. The van der Waals surface area contributed by atoms with Crippen LogP contribution in [0.3, 0.4) is 0 Å². The minimum atomic E-state index is -6.53. The molecule has 0 spiro atoms. The molecule has 1 N–H and O–H groups in total. The number of rotatable bonds is 4. The molecule has 0 aromatic carbocycles. The number of carbonyl (C=O) groups is 1. The zero-order chi connectivity index (χ0) is 15.9. The third-order valence-corrected chi connectivity index (χ3v) is 2.41. The highest BCUT2D eigenvalue weighted by molar-refractivity contribution is 5.84. The molecule has 0 radical (unpaired) electrons. The summed E-state index contributed by atoms with van der Waals surface area (Å²) < 4.78 is 86.6. The van der Waals surface area contributed by atoms with E-state index in [1.54, 1.807) is 0 Å². The van der Waals surface area contributed by atoms with Gasteiger partial charge in [0.2, 0.25) is 0 Å². The lowest BCUT2D eigenvalue weighted by Gasteiger charge is -2.32. The van der Waals surface area contributed by atoms with Gasteiger partial charge in [0.05, 0.1) is 0 Å². The number of aliphatic hydroxyl groups is 1. The van der Waals surface area contributed by atoms with E-state index in [9.17, 15) is 35.5 Å². The Kier molecular flexibility index (Phi) is 4.69. The summed E-state index contributed by atoms with van der Waals surface area (Å²) in [6, 6.07) is 0. The zero-order valence-electron chi connectivity index (χ0n) is 10.3. The van der Waals surface area contributed by atoms with E-state index in [0.29, 0.717) is 0 Å². The Morgan fingerprint density at radius 2 is 1.37 bits per heavy atom. The fourth-order valence-electron chi connectivity index (χ4n) is 1.01. The fourth-order valence-corrected chi connectivity index (χ4v) is 1.01. The van der Waals surface area contributed by atoms with Crippen molar-refractivity contribution in [1.29, 1.82) is 0 Å². The molecule has 0 aromatic heterocycles. The molecule has 0 saturated carbocycles. The van der Waals surface area contributed by atoms with Crippen LogP contribution in [0.4, 0.5) is 30.7 Å². The second kappa shape index (κ2) is 4.92. The Morgan fingerprint density at radius 1 is 1.00 bits per heavy atom. The van der Waals surface area contributed by atoms with E-state index in [1.807, 2.05) is 0 Å². The van der Waals surface area contributed by atoms with Crippen molar-refractivity contribution in [2.24, 2.45) is 5.41 Å². The van der Waals surface area contributed by atoms with Gasteiger partial charge in [0, 0.05) is 11.8 Å². The molecular formula is C10H13F7O2. The van der Waals surface area contributed by atoms with Crippen LogP contribution in [-0.4, -0.2) is 35.0 Å². The van der Waals surface area contributed by atoms with Crippen LogP contribution in [0.1, 0.15) is 27.2 Å². The number of Topliss-reactive ketones (excluding diaryl/α,β-unsaturated/α-hetero) is 1. The average molecular weight is 298 g/mol. The number of hydrogen-bond acceptors (Lipinski definition) is 2. The van der Waals surface area contributed by atoms with Crippen LogP contribution in [0.2, 0.25) is 0 Å². The second-order valence-electron chi connectivity index (χ2n) is 5.09. The number of hydrogen-bond donors (Lipinski definition) is 1. The number of carbonyl (C=O) groups excluding carboxylic acids is 1. The van der Waals surface area contributed by atoms with Crippen LogP contribution in [0.5, 0.6) is 0 Å². The first-order valence-corrected chi connectivity index (χ1v) is 5.09. The molecule has 0 amide bonds. The van der Waals surface area contributed by atoms with Crippen LogP contribution < -0.4 is 0 Å². The largest absolute Gasteiger partial charge is 0.459 e. The average Bonchev–Trinajstić information content (AvgIpc) is 2.13. The van der Waals surface area contributed by atoms with Gasteiger partial charge in [0.25, 0.3) is 0 Å². The van der Waals surface area contributed by atoms with Crippen molar-refractivity contribution in [2.75, 3.05) is 0 Å². The first-order valence-electron chi connectivity index (χ1n) is 5.09. The quantitative estimate of drug-likeness (QED) is 0.809. The molecule has 0 saturated heterocycles. The molecule has 0 rings (SSSR count). The molecule has 0 heterocycles. The summed E-state index contributed by atoms with van der Waals surface area (Å²) in [5, 5.41) is 8.86. The van der Waals surface area contributed by atoms with E-state index < -0.39 is 41.7 Å². The lowest BCUT2D eigenvalue weighted by atomic mass is 9.86. The van der Waals surface area contributed by atoms with Gasteiger partial charge >= 0.3 is 18.0 Å². The van der Waals surface area contributed by atoms with E-state index in [-0.39, 0.29) is 0 Å². The summed E-state index contributed by atoms with van der Waals surface area (Å²) in [7, 11) is 0. The third kappa shape index (κ3) is 3.58. The molecule has 9 heteroatoms. The van der Waals surface area contributed by atoms with Gasteiger partial charge < -0.3 is 5.11 Å². The van der Waals surface area contributed by atoms with Crippen LogP contribution >= 0.6 is 0 Å². The molecule has 0 bridgehead atoms. The molecule has 19 heavy (non-hydrogen) atoms. The van der Waals surface area contributed by atoms with E-state index in [1.165, 1.54) is 20.8 Å². The maximum absolute atomic E-state index is 13.0. The monoisotopic (exact) mass is 298 g/mol. The molecule has 0 unspecified atom stereocenters. The van der Waals surface area contributed by atoms with Crippen LogP contribution in [-0.2, 0) is 4.79 Å². The van der Waals surface area contributed by atoms with Gasteiger partial charge in [-0.05, 0) is 0 Å².